The van der Waals surface area contributed by atoms with Crippen molar-refractivity contribution in [1.82, 2.24) is 0 Å². The third-order valence-electron chi connectivity index (χ3n) is 15.8. The molecule has 0 rings (SSSR count). The van der Waals surface area contributed by atoms with Gasteiger partial charge in [0.2, 0.25) is 0 Å². The van der Waals surface area contributed by atoms with Gasteiger partial charge in [0.15, 0.2) is 6.10 Å². The van der Waals surface area contributed by atoms with Crippen molar-refractivity contribution in [1.29, 1.82) is 0 Å². The predicted octanol–water partition coefficient (Wildman–Crippen LogP) is 23.9. The van der Waals surface area contributed by atoms with Crippen molar-refractivity contribution < 1.29 is 28.6 Å². The Morgan fingerprint density at radius 3 is 0.769 bits per heavy atom. The van der Waals surface area contributed by atoms with E-state index in [1.807, 2.05) is 0 Å². The summed E-state index contributed by atoms with van der Waals surface area (Å²) in [7, 11) is 0. The quantitative estimate of drug-likeness (QED) is 0.0261. The van der Waals surface area contributed by atoms with Gasteiger partial charge in [0.1, 0.15) is 13.2 Å². The number of hydrogen-bond acceptors (Lipinski definition) is 6. The van der Waals surface area contributed by atoms with Crippen LogP contribution in [0.2, 0.25) is 0 Å². The van der Waals surface area contributed by atoms with E-state index < -0.39 is 6.10 Å². The molecule has 0 aliphatic heterocycles. The van der Waals surface area contributed by atoms with Crippen LogP contribution in [-0.4, -0.2) is 37.2 Å². The summed E-state index contributed by atoms with van der Waals surface area (Å²) in [5.41, 5.74) is 0. The molecule has 0 saturated heterocycles. The average molecular weight is 1100 g/mol. The maximum Gasteiger partial charge on any atom is 0.306 e. The number of ether oxygens (including phenoxy) is 3. The molecule has 0 N–H and O–H groups in total. The van der Waals surface area contributed by atoms with E-state index in [1.54, 1.807) is 0 Å². The second-order valence-electron chi connectivity index (χ2n) is 23.8. The summed E-state index contributed by atoms with van der Waals surface area (Å²) in [6, 6.07) is 0. The van der Waals surface area contributed by atoms with E-state index in [-0.39, 0.29) is 31.1 Å². The van der Waals surface area contributed by atoms with Crippen molar-refractivity contribution in [2.45, 2.75) is 393 Å². The third-order valence-corrected chi connectivity index (χ3v) is 15.8. The predicted molar refractivity (Wildman–Crippen MR) is 339 cm³/mol. The molecule has 1 atom stereocenters. The Hall–Kier alpha value is -2.37. The summed E-state index contributed by atoms with van der Waals surface area (Å²) in [5.74, 6) is -0.859. The van der Waals surface area contributed by atoms with Crippen molar-refractivity contribution in [3.8, 4) is 0 Å². The molecule has 0 fully saturated rings. The van der Waals surface area contributed by atoms with E-state index in [0.29, 0.717) is 19.3 Å². The van der Waals surface area contributed by atoms with Crippen LogP contribution in [0.4, 0.5) is 0 Å². The first-order valence-electron chi connectivity index (χ1n) is 35.0. The van der Waals surface area contributed by atoms with Gasteiger partial charge in [-0.2, -0.15) is 0 Å². The van der Waals surface area contributed by atoms with Crippen molar-refractivity contribution in [2.24, 2.45) is 0 Å². The third kappa shape index (κ3) is 64.5. The normalized spacial score (nSPS) is 12.2. The first kappa shape index (κ1) is 75.6. The molecule has 0 heterocycles. The Morgan fingerprint density at radius 1 is 0.256 bits per heavy atom. The summed E-state index contributed by atoms with van der Waals surface area (Å²) < 4.78 is 16.9. The molecule has 0 radical (unpaired) electrons. The number of carbonyl (C=O) groups excluding carboxylic acids is 3. The highest BCUT2D eigenvalue weighted by Gasteiger charge is 2.19. The Labute approximate surface area is 486 Å². The summed E-state index contributed by atoms with van der Waals surface area (Å²) in [6.07, 6.45) is 83.3. The van der Waals surface area contributed by atoms with Crippen LogP contribution in [0.3, 0.4) is 0 Å². The highest BCUT2D eigenvalue weighted by molar-refractivity contribution is 5.71. The lowest BCUT2D eigenvalue weighted by atomic mass is 10.0. The van der Waals surface area contributed by atoms with E-state index in [0.717, 1.165) is 77.0 Å². The average Bonchev–Trinajstić information content (AvgIpc) is 3.44. The van der Waals surface area contributed by atoms with Crippen LogP contribution in [0.5, 0.6) is 0 Å². The van der Waals surface area contributed by atoms with Crippen molar-refractivity contribution >= 4 is 17.9 Å². The van der Waals surface area contributed by atoms with Gasteiger partial charge in [-0.25, -0.2) is 0 Å². The van der Waals surface area contributed by atoms with Crippen LogP contribution in [-0.2, 0) is 28.6 Å². The summed E-state index contributed by atoms with van der Waals surface area (Å²) >= 11 is 0. The van der Waals surface area contributed by atoms with Gasteiger partial charge in [-0.15, -0.1) is 0 Å². The zero-order chi connectivity index (χ0) is 56.4. The molecular weight excluding hydrogens is 961 g/mol. The Balaban J connectivity index is 4.14. The van der Waals surface area contributed by atoms with Crippen LogP contribution in [0.25, 0.3) is 0 Å². The molecule has 0 saturated carbocycles. The highest BCUT2D eigenvalue weighted by atomic mass is 16.6. The number of rotatable bonds is 65. The zero-order valence-corrected chi connectivity index (χ0v) is 52.7. The SMILES string of the molecule is CCC/C=C\CCCCCCCC(=O)OCC(COC(=O)CCCCCCCCCCCCCCCCCCCCCCCCCCCCC)OC(=O)CCCCCCCCCCCCC/C=C\C/C=C\CCCCCCC. The number of esters is 3. The van der Waals surface area contributed by atoms with Crippen molar-refractivity contribution in [2.75, 3.05) is 13.2 Å². The minimum atomic E-state index is -0.775. The molecule has 0 spiro atoms. The van der Waals surface area contributed by atoms with Gasteiger partial charge in [0.25, 0.3) is 0 Å². The molecule has 6 nitrogen and oxygen atoms in total. The van der Waals surface area contributed by atoms with E-state index >= 15 is 0 Å². The first-order valence-corrected chi connectivity index (χ1v) is 35.0. The van der Waals surface area contributed by atoms with Crippen LogP contribution < -0.4 is 0 Å². The van der Waals surface area contributed by atoms with Gasteiger partial charge in [-0.3, -0.25) is 14.4 Å². The van der Waals surface area contributed by atoms with Crippen molar-refractivity contribution in [3.63, 3.8) is 0 Å². The van der Waals surface area contributed by atoms with E-state index in [2.05, 4.69) is 57.2 Å². The minimum absolute atomic E-state index is 0.0711. The van der Waals surface area contributed by atoms with Gasteiger partial charge in [0.05, 0.1) is 0 Å². The molecule has 0 aliphatic carbocycles. The largest absolute Gasteiger partial charge is 0.462 e. The van der Waals surface area contributed by atoms with Crippen LogP contribution in [0.1, 0.15) is 387 Å². The lowest BCUT2D eigenvalue weighted by molar-refractivity contribution is -0.167. The fourth-order valence-electron chi connectivity index (χ4n) is 10.6. The number of carbonyl (C=O) groups is 3. The monoisotopic (exact) mass is 1100 g/mol. The molecule has 0 aromatic heterocycles. The minimum Gasteiger partial charge on any atom is -0.462 e. The van der Waals surface area contributed by atoms with Gasteiger partial charge in [-0.05, 0) is 70.6 Å². The smallest absolute Gasteiger partial charge is 0.306 e. The number of hydrogen-bond donors (Lipinski definition) is 0. The lowest BCUT2D eigenvalue weighted by Gasteiger charge is -2.18. The highest BCUT2D eigenvalue weighted by Crippen LogP contribution is 2.19. The van der Waals surface area contributed by atoms with E-state index in [4.69, 9.17) is 14.2 Å². The molecule has 78 heavy (non-hydrogen) atoms. The fourth-order valence-corrected chi connectivity index (χ4v) is 10.6. The standard InChI is InChI=1S/C72H134O6/c1-4-7-10-13-16-19-22-24-26-28-30-32-34-35-36-37-39-40-42-44-46-48-50-53-56-59-62-65-71(74)77-68-69(67-76-70(73)64-61-58-55-52-21-18-15-12-9-6-3)78-72(75)66-63-60-57-54-51-49-47-45-43-41-38-33-31-29-27-25-23-20-17-14-11-8-5-2/h12,15,23,25,29,31,69H,4-11,13-14,16-22,24,26-28,30,32-68H2,1-3H3/b15-12-,25-23-,31-29-. The van der Waals surface area contributed by atoms with Crippen LogP contribution >= 0.6 is 0 Å². The first-order chi connectivity index (χ1) is 38.5. The molecule has 0 aromatic carbocycles. The van der Waals surface area contributed by atoms with Gasteiger partial charge in [-0.1, -0.05) is 333 Å². The molecule has 0 aromatic rings. The summed E-state index contributed by atoms with van der Waals surface area (Å²) in [5, 5.41) is 0. The molecule has 0 amide bonds. The van der Waals surface area contributed by atoms with Crippen molar-refractivity contribution in [3.05, 3.63) is 36.5 Å². The van der Waals surface area contributed by atoms with E-state index in [9.17, 15) is 14.4 Å². The van der Waals surface area contributed by atoms with Crippen LogP contribution in [0.15, 0.2) is 36.5 Å². The second kappa shape index (κ2) is 67.1. The Kier molecular flexibility index (Phi) is 65.1. The van der Waals surface area contributed by atoms with Gasteiger partial charge < -0.3 is 14.2 Å². The molecular formula is C72H134O6. The summed E-state index contributed by atoms with van der Waals surface area (Å²) in [6.45, 7) is 6.63. The molecule has 6 heteroatoms. The Morgan fingerprint density at radius 2 is 0.487 bits per heavy atom. The molecule has 1 unspecified atom stereocenters. The fraction of sp³-hybridized carbons (Fsp3) is 0.875. The van der Waals surface area contributed by atoms with Gasteiger partial charge in [0, 0.05) is 19.3 Å². The van der Waals surface area contributed by atoms with E-state index in [1.165, 1.54) is 270 Å². The number of allylic oxidation sites excluding steroid dienone is 6. The number of unbranched alkanes of at least 4 members (excludes halogenated alkanes) is 48. The Bertz CT molecular complexity index is 1300. The molecule has 0 bridgehead atoms. The molecule has 458 valence electrons. The lowest BCUT2D eigenvalue weighted by Crippen LogP contribution is -2.30. The van der Waals surface area contributed by atoms with Crippen LogP contribution in [0, 0.1) is 0 Å². The second-order valence-corrected chi connectivity index (χ2v) is 23.8. The maximum atomic E-state index is 12.9. The zero-order valence-electron chi connectivity index (χ0n) is 52.7. The maximum absolute atomic E-state index is 12.9. The topological polar surface area (TPSA) is 78.9 Å². The van der Waals surface area contributed by atoms with Gasteiger partial charge >= 0.3 is 17.9 Å². The summed E-state index contributed by atoms with van der Waals surface area (Å²) in [4.78, 5) is 38.3. The molecule has 0 aliphatic rings.